The maximum atomic E-state index is 10.6. The molecular formula is C13H16ClN3O3. The van der Waals surface area contributed by atoms with E-state index in [1.807, 2.05) is 13.8 Å². The molecule has 0 saturated heterocycles. The number of nitro benzene ring substituents is 1. The normalized spacial score (nSPS) is 11.9. The van der Waals surface area contributed by atoms with E-state index in [-0.39, 0.29) is 22.8 Å². The zero-order chi connectivity index (χ0) is 15.1. The van der Waals surface area contributed by atoms with Crippen molar-refractivity contribution >= 4 is 17.3 Å². The van der Waals surface area contributed by atoms with Gasteiger partial charge >= 0.3 is 0 Å². The Hall–Kier alpha value is -1.84. The van der Waals surface area contributed by atoms with Crippen LogP contribution in [-0.2, 0) is 0 Å². The number of nitriles is 1. The van der Waals surface area contributed by atoms with Crippen LogP contribution in [0, 0.1) is 21.4 Å². The number of nitrogens with one attached hydrogen (secondary N) is 1. The number of rotatable bonds is 7. The summed E-state index contributed by atoms with van der Waals surface area (Å²) >= 11 is 5.78. The van der Waals surface area contributed by atoms with Gasteiger partial charge in [0.2, 0.25) is 0 Å². The number of nitro groups is 1. The molecule has 0 aliphatic carbocycles. The molecule has 0 amide bonds. The molecule has 1 unspecified atom stereocenters. The minimum Gasteiger partial charge on any atom is -0.493 e. The van der Waals surface area contributed by atoms with E-state index in [1.165, 1.54) is 18.2 Å². The first-order valence-electron chi connectivity index (χ1n) is 6.16. The van der Waals surface area contributed by atoms with E-state index in [4.69, 9.17) is 21.6 Å². The lowest BCUT2D eigenvalue weighted by Gasteiger charge is -2.14. The van der Waals surface area contributed by atoms with E-state index < -0.39 is 4.92 Å². The Morgan fingerprint density at radius 1 is 1.55 bits per heavy atom. The van der Waals surface area contributed by atoms with Crippen molar-refractivity contribution in [1.82, 2.24) is 5.32 Å². The van der Waals surface area contributed by atoms with E-state index >= 15 is 0 Å². The minimum absolute atomic E-state index is 0.0321. The zero-order valence-electron chi connectivity index (χ0n) is 11.3. The van der Waals surface area contributed by atoms with Gasteiger partial charge in [0, 0.05) is 24.6 Å². The molecule has 0 fully saturated rings. The molecule has 1 rings (SSSR count). The molecule has 1 N–H and O–H groups in total. The van der Waals surface area contributed by atoms with Crippen molar-refractivity contribution in [1.29, 1.82) is 5.26 Å². The molecule has 0 bridgehead atoms. The van der Waals surface area contributed by atoms with Gasteiger partial charge in [0.25, 0.3) is 5.69 Å². The van der Waals surface area contributed by atoms with Crippen molar-refractivity contribution in [2.24, 2.45) is 0 Å². The second-order valence-electron chi connectivity index (χ2n) is 4.51. The van der Waals surface area contributed by atoms with Crippen molar-refractivity contribution in [2.45, 2.75) is 32.4 Å². The Morgan fingerprint density at radius 2 is 2.25 bits per heavy atom. The SMILES string of the molecule is CC(C)NC(C#N)CCOc1ccc([N+](=O)[O-])c(Cl)c1. The van der Waals surface area contributed by atoms with Gasteiger partial charge in [-0.3, -0.25) is 15.4 Å². The molecule has 0 aliphatic rings. The first-order chi connectivity index (χ1) is 9.43. The smallest absolute Gasteiger partial charge is 0.288 e. The van der Waals surface area contributed by atoms with Gasteiger partial charge in [-0.25, -0.2) is 0 Å². The van der Waals surface area contributed by atoms with Gasteiger partial charge in [0.15, 0.2) is 0 Å². The fraction of sp³-hybridized carbons (Fsp3) is 0.462. The van der Waals surface area contributed by atoms with Crippen LogP contribution in [0.2, 0.25) is 5.02 Å². The Kier molecular flexibility index (Phi) is 6.22. The van der Waals surface area contributed by atoms with Crippen LogP contribution in [0.3, 0.4) is 0 Å². The first-order valence-corrected chi connectivity index (χ1v) is 6.54. The Labute approximate surface area is 122 Å². The zero-order valence-corrected chi connectivity index (χ0v) is 12.1. The lowest BCUT2D eigenvalue weighted by atomic mass is 10.2. The molecule has 0 radical (unpaired) electrons. The second kappa shape index (κ2) is 7.68. The van der Waals surface area contributed by atoms with Crippen molar-refractivity contribution in [2.75, 3.05) is 6.61 Å². The predicted molar refractivity (Wildman–Crippen MR) is 75.9 cm³/mol. The molecule has 7 heteroatoms. The molecule has 1 aromatic rings. The van der Waals surface area contributed by atoms with Crippen LogP contribution in [0.1, 0.15) is 20.3 Å². The van der Waals surface area contributed by atoms with Gasteiger partial charge in [0.1, 0.15) is 10.8 Å². The van der Waals surface area contributed by atoms with E-state index in [2.05, 4.69) is 11.4 Å². The van der Waals surface area contributed by atoms with Crippen LogP contribution in [0.5, 0.6) is 5.75 Å². The van der Waals surface area contributed by atoms with Gasteiger partial charge in [-0.15, -0.1) is 0 Å². The molecule has 1 atom stereocenters. The fourth-order valence-corrected chi connectivity index (χ4v) is 1.85. The summed E-state index contributed by atoms with van der Waals surface area (Å²) in [5.41, 5.74) is -0.157. The molecule has 0 spiro atoms. The quantitative estimate of drug-likeness (QED) is 0.617. The molecular weight excluding hydrogens is 282 g/mol. The maximum Gasteiger partial charge on any atom is 0.288 e. The van der Waals surface area contributed by atoms with E-state index in [0.717, 1.165) is 0 Å². The average Bonchev–Trinajstić information content (AvgIpc) is 2.36. The van der Waals surface area contributed by atoms with Gasteiger partial charge in [-0.2, -0.15) is 5.26 Å². The van der Waals surface area contributed by atoms with Crippen LogP contribution < -0.4 is 10.1 Å². The molecule has 0 heterocycles. The third kappa shape index (κ3) is 5.03. The van der Waals surface area contributed by atoms with Crippen LogP contribution >= 0.6 is 11.6 Å². The number of nitrogens with zero attached hydrogens (tertiary/aromatic N) is 2. The van der Waals surface area contributed by atoms with Crippen molar-refractivity contribution in [3.63, 3.8) is 0 Å². The minimum atomic E-state index is -0.551. The summed E-state index contributed by atoms with van der Waals surface area (Å²) in [6.07, 6.45) is 0.517. The summed E-state index contributed by atoms with van der Waals surface area (Å²) in [7, 11) is 0. The monoisotopic (exact) mass is 297 g/mol. The molecule has 0 saturated carbocycles. The van der Waals surface area contributed by atoms with Crippen LogP contribution in [0.15, 0.2) is 18.2 Å². The van der Waals surface area contributed by atoms with Crippen molar-refractivity contribution in [3.05, 3.63) is 33.3 Å². The van der Waals surface area contributed by atoms with Crippen LogP contribution in [0.25, 0.3) is 0 Å². The number of halogens is 1. The summed E-state index contributed by atoms with van der Waals surface area (Å²) in [6.45, 7) is 4.24. The van der Waals surface area contributed by atoms with Gasteiger partial charge in [0.05, 0.1) is 23.6 Å². The summed E-state index contributed by atoms with van der Waals surface area (Å²) in [5, 5.41) is 22.7. The number of benzene rings is 1. The summed E-state index contributed by atoms with van der Waals surface area (Å²) in [4.78, 5) is 10.1. The molecule has 0 aliphatic heterocycles. The Bertz CT molecular complexity index is 514. The first kappa shape index (κ1) is 16.2. The third-order valence-corrected chi connectivity index (χ3v) is 2.78. The van der Waals surface area contributed by atoms with E-state index in [0.29, 0.717) is 18.8 Å². The number of hydrogen-bond donors (Lipinski definition) is 1. The number of ether oxygens (including phenoxy) is 1. The summed E-state index contributed by atoms with van der Waals surface area (Å²) in [6, 6.07) is 6.26. The molecule has 108 valence electrons. The lowest BCUT2D eigenvalue weighted by Crippen LogP contribution is -2.34. The highest BCUT2D eigenvalue weighted by atomic mass is 35.5. The highest BCUT2D eigenvalue weighted by molar-refractivity contribution is 6.32. The molecule has 0 aromatic heterocycles. The van der Waals surface area contributed by atoms with Gasteiger partial charge in [-0.1, -0.05) is 11.6 Å². The highest BCUT2D eigenvalue weighted by Gasteiger charge is 2.13. The predicted octanol–water partition coefficient (Wildman–Crippen LogP) is 2.91. The van der Waals surface area contributed by atoms with Crippen LogP contribution in [-0.4, -0.2) is 23.6 Å². The van der Waals surface area contributed by atoms with E-state index in [9.17, 15) is 10.1 Å². The average molecular weight is 298 g/mol. The van der Waals surface area contributed by atoms with Crippen molar-refractivity contribution < 1.29 is 9.66 Å². The fourth-order valence-electron chi connectivity index (χ4n) is 1.61. The summed E-state index contributed by atoms with van der Waals surface area (Å²) < 4.78 is 5.44. The molecule has 20 heavy (non-hydrogen) atoms. The summed E-state index contributed by atoms with van der Waals surface area (Å²) in [5.74, 6) is 0.446. The van der Waals surface area contributed by atoms with E-state index in [1.54, 1.807) is 0 Å². The van der Waals surface area contributed by atoms with Crippen molar-refractivity contribution in [3.8, 4) is 11.8 Å². The topological polar surface area (TPSA) is 88.2 Å². The highest BCUT2D eigenvalue weighted by Crippen LogP contribution is 2.28. The van der Waals surface area contributed by atoms with Gasteiger partial charge < -0.3 is 4.74 Å². The van der Waals surface area contributed by atoms with Gasteiger partial charge in [-0.05, 0) is 19.9 Å². The second-order valence-corrected chi connectivity index (χ2v) is 4.92. The standard InChI is InChI=1S/C13H16ClN3O3/c1-9(2)16-10(8-15)5-6-20-11-3-4-13(17(18)19)12(14)7-11/h3-4,7,9-10,16H,5-6H2,1-2H3. The molecule has 1 aromatic carbocycles. The largest absolute Gasteiger partial charge is 0.493 e. The lowest BCUT2D eigenvalue weighted by molar-refractivity contribution is -0.384. The third-order valence-electron chi connectivity index (χ3n) is 2.48. The number of hydrogen-bond acceptors (Lipinski definition) is 5. The Balaban J connectivity index is 2.52. The molecule has 6 nitrogen and oxygen atoms in total. The Morgan fingerprint density at radius 3 is 2.75 bits per heavy atom. The van der Waals surface area contributed by atoms with Crippen LogP contribution in [0.4, 0.5) is 5.69 Å². The maximum absolute atomic E-state index is 10.6.